The number of fused-ring (bicyclic) bond motifs is 1. The molecule has 9 heteroatoms. The second kappa shape index (κ2) is 10.4. The summed E-state index contributed by atoms with van der Waals surface area (Å²) in [6.45, 7) is 4.76. The summed E-state index contributed by atoms with van der Waals surface area (Å²) in [5, 5.41) is 12.0. The highest BCUT2D eigenvalue weighted by Crippen LogP contribution is 2.23. The second-order valence-electron chi connectivity index (χ2n) is 8.62. The first-order chi connectivity index (χ1) is 16.5. The maximum atomic E-state index is 13.0. The van der Waals surface area contributed by atoms with Crippen molar-refractivity contribution in [1.82, 2.24) is 19.4 Å². The van der Waals surface area contributed by atoms with Gasteiger partial charge in [-0.05, 0) is 49.4 Å². The molecule has 0 radical (unpaired) electrons. The lowest BCUT2D eigenvalue weighted by Gasteiger charge is -2.30. The lowest BCUT2D eigenvalue weighted by atomic mass is 9.99. The lowest BCUT2D eigenvalue weighted by Crippen LogP contribution is -2.37. The zero-order valence-electron chi connectivity index (χ0n) is 19.5. The molecule has 2 amide bonds. The first kappa shape index (κ1) is 23.4. The van der Waals surface area contributed by atoms with Crippen LogP contribution in [0.15, 0.2) is 36.5 Å². The number of pyridine rings is 1. The number of amides is 2. The predicted molar refractivity (Wildman–Crippen MR) is 127 cm³/mol. The highest BCUT2D eigenvalue weighted by atomic mass is 16.5. The number of benzene rings is 1. The van der Waals surface area contributed by atoms with E-state index in [1.165, 1.54) is 6.07 Å². The summed E-state index contributed by atoms with van der Waals surface area (Å²) < 4.78 is 6.99. The molecule has 1 aliphatic rings. The average Bonchev–Trinajstić information content (AvgIpc) is 3.20. The van der Waals surface area contributed by atoms with Crippen LogP contribution in [0, 0.1) is 17.2 Å². The molecule has 9 nitrogen and oxygen atoms in total. The number of imidazole rings is 1. The highest BCUT2D eigenvalue weighted by molar-refractivity contribution is 6.04. The normalized spacial score (nSPS) is 14.2. The van der Waals surface area contributed by atoms with Crippen LogP contribution in [0.3, 0.4) is 0 Å². The van der Waals surface area contributed by atoms with Gasteiger partial charge in [0, 0.05) is 45.1 Å². The molecule has 1 aromatic carbocycles. The quantitative estimate of drug-likeness (QED) is 0.540. The van der Waals surface area contributed by atoms with Crippen LogP contribution in [0.2, 0.25) is 0 Å². The molecule has 0 unspecified atom stereocenters. The Balaban J connectivity index is 1.63. The smallest absolute Gasteiger partial charge is 0.258 e. The number of rotatable bonds is 7. The second-order valence-corrected chi connectivity index (χ2v) is 8.62. The van der Waals surface area contributed by atoms with Crippen LogP contribution >= 0.6 is 0 Å². The highest BCUT2D eigenvalue weighted by Gasteiger charge is 2.23. The van der Waals surface area contributed by atoms with Crippen LogP contribution in [0.25, 0.3) is 11.2 Å². The number of hydrogen-bond acceptors (Lipinski definition) is 6. The summed E-state index contributed by atoms with van der Waals surface area (Å²) in [6, 6.07) is 10.3. The number of nitrogens with zero attached hydrogens (tertiary/aromatic N) is 5. The molecule has 0 saturated carbocycles. The van der Waals surface area contributed by atoms with Crippen molar-refractivity contribution in [2.45, 2.75) is 32.7 Å². The van der Waals surface area contributed by atoms with Gasteiger partial charge in [0.2, 0.25) is 5.95 Å². The standard InChI is InChI=1S/C25H28N6O3/c1-17-7-10-30(11-8-17)24(33)20-14-21-22(27-16-20)31(9-4-12-34-2)25(28-21)29-23(32)19-6-3-5-18(13-19)15-26/h3,5-6,13-14,16-17H,4,7-12H2,1-2H3,(H,28,29,32). The minimum atomic E-state index is -0.376. The van der Waals surface area contributed by atoms with Crippen LogP contribution in [-0.4, -0.2) is 58.1 Å². The number of aromatic nitrogens is 3. The molecule has 1 fully saturated rings. The molecule has 1 N–H and O–H groups in total. The van der Waals surface area contributed by atoms with E-state index in [0.29, 0.717) is 59.3 Å². The fourth-order valence-electron chi connectivity index (χ4n) is 4.10. The number of aryl methyl sites for hydroxylation is 1. The monoisotopic (exact) mass is 460 g/mol. The summed E-state index contributed by atoms with van der Waals surface area (Å²) in [6.07, 6.45) is 4.28. The molecular weight excluding hydrogens is 432 g/mol. The molecule has 3 aromatic rings. The van der Waals surface area contributed by atoms with E-state index < -0.39 is 0 Å². The Morgan fingerprint density at radius 1 is 1.24 bits per heavy atom. The number of piperidine rings is 1. The van der Waals surface area contributed by atoms with Crippen molar-refractivity contribution in [2.75, 3.05) is 32.1 Å². The van der Waals surface area contributed by atoms with Crippen LogP contribution < -0.4 is 5.32 Å². The molecule has 3 heterocycles. The third-order valence-electron chi connectivity index (χ3n) is 6.11. The van der Waals surface area contributed by atoms with Crippen molar-refractivity contribution in [3.8, 4) is 6.07 Å². The Bertz CT molecular complexity index is 1240. The third kappa shape index (κ3) is 5.07. The van der Waals surface area contributed by atoms with Gasteiger partial charge >= 0.3 is 0 Å². The van der Waals surface area contributed by atoms with Gasteiger partial charge < -0.3 is 9.64 Å². The van der Waals surface area contributed by atoms with Gasteiger partial charge in [0.1, 0.15) is 5.52 Å². The molecule has 176 valence electrons. The van der Waals surface area contributed by atoms with E-state index in [1.807, 2.05) is 15.5 Å². The lowest BCUT2D eigenvalue weighted by molar-refractivity contribution is 0.0697. The average molecular weight is 461 g/mol. The molecule has 1 saturated heterocycles. The molecule has 34 heavy (non-hydrogen) atoms. The minimum Gasteiger partial charge on any atom is -0.385 e. The number of nitrogens with one attached hydrogen (secondary N) is 1. The number of ether oxygens (including phenoxy) is 1. The van der Waals surface area contributed by atoms with Crippen molar-refractivity contribution in [2.24, 2.45) is 5.92 Å². The van der Waals surface area contributed by atoms with E-state index in [4.69, 9.17) is 10.00 Å². The Kier molecular flexibility index (Phi) is 7.18. The van der Waals surface area contributed by atoms with Crippen molar-refractivity contribution < 1.29 is 14.3 Å². The van der Waals surface area contributed by atoms with E-state index in [9.17, 15) is 9.59 Å². The molecule has 2 aromatic heterocycles. The topological polar surface area (TPSA) is 113 Å². The molecule has 0 spiro atoms. The van der Waals surface area contributed by atoms with Crippen molar-refractivity contribution in [1.29, 1.82) is 5.26 Å². The fourth-order valence-corrected chi connectivity index (χ4v) is 4.10. The van der Waals surface area contributed by atoms with Gasteiger partial charge in [0.15, 0.2) is 5.65 Å². The Morgan fingerprint density at radius 3 is 2.76 bits per heavy atom. The molecule has 0 aliphatic carbocycles. The predicted octanol–water partition coefficient (Wildman–Crippen LogP) is 3.46. The van der Waals surface area contributed by atoms with Gasteiger partial charge in [0.05, 0.1) is 17.2 Å². The van der Waals surface area contributed by atoms with Gasteiger partial charge in [-0.3, -0.25) is 19.5 Å². The molecule has 0 bridgehead atoms. The first-order valence-corrected chi connectivity index (χ1v) is 11.5. The van der Waals surface area contributed by atoms with Crippen LogP contribution in [0.1, 0.15) is 52.5 Å². The summed E-state index contributed by atoms with van der Waals surface area (Å²) in [4.78, 5) is 36.9. The van der Waals surface area contributed by atoms with Crippen LogP contribution in [0.5, 0.6) is 0 Å². The van der Waals surface area contributed by atoms with E-state index in [2.05, 4.69) is 22.2 Å². The summed E-state index contributed by atoms with van der Waals surface area (Å²) in [5.41, 5.74) is 2.37. The maximum Gasteiger partial charge on any atom is 0.258 e. The van der Waals surface area contributed by atoms with E-state index >= 15 is 0 Å². The summed E-state index contributed by atoms with van der Waals surface area (Å²) >= 11 is 0. The number of carbonyl (C=O) groups excluding carboxylic acids is 2. The number of methoxy groups -OCH3 is 1. The Hall–Kier alpha value is -3.77. The van der Waals surface area contributed by atoms with Gasteiger partial charge in [0.25, 0.3) is 11.8 Å². The first-order valence-electron chi connectivity index (χ1n) is 11.5. The Labute approximate surface area is 198 Å². The molecule has 1 aliphatic heterocycles. The zero-order valence-corrected chi connectivity index (χ0v) is 19.5. The van der Waals surface area contributed by atoms with Crippen LogP contribution in [-0.2, 0) is 11.3 Å². The number of hydrogen-bond donors (Lipinski definition) is 1. The van der Waals surface area contributed by atoms with Crippen LogP contribution in [0.4, 0.5) is 5.95 Å². The van der Waals surface area contributed by atoms with Gasteiger partial charge in [-0.1, -0.05) is 13.0 Å². The zero-order chi connectivity index (χ0) is 24.1. The van der Waals surface area contributed by atoms with E-state index in [0.717, 1.165) is 25.9 Å². The van der Waals surface area contributed by atoms with Gasteiger partial charge in [-0.25, -0.2) is 9.97 Å². The fraction of sp³-hybridized carbons (Fsp3) is 0.400. The SMILES string of the molecule is COCCCn1c(NC(=O)c2cccc(C#N)c2)nc2cc(C(=O)N3CCC(C)CC3)cnc21. The van der Waals surface area contributed by atoms with Crippen molar-refractivity contribution in [3.05, 3.63) is 53.2 Å². The minimum absolute atomic E-state index is 0.0471. The van der Waals surface area contributed by atoms with Gasteiger partial charge in [-0.2, -0.15) is 5.26 Å². The van der Waals surface area contributed by atoms with E-state index in [-0.39, 0.29) is 11.8 Å². The number of carbonyl (C=O) groups is 2. The number of anilines is 1. The summed E-state index contributed by atoms with van der Waals surface area (Å²) in [7, 11) is 1.63. The van der Waals surface area contributed by atoms with E-state index in [1.54, 1.807) is 37.6 Å². The van der Waals surface area contributed by atoms with Crippen molar-refractivity contribution >= 4 is 28.9 Å². The largest absolute Gasteiger partial charge is 0.385 e. The van der Waals surface area contributed by atoms with Gasteiger partial charge in [-0.15, -0.1) is 0 Å². The molecule has 4 rings (SSSR count). The summed E-state index contributed by atoms with van der Waals surface area (Å²) in [5.74, 6) is 0.545. The third-order valence-corrected chi connectivity index (χ3v) is 6.11. The molecule has 0 atom stereocenters. The number of likely N-dealkylation sites (tertiary alicyclic amines) is 1. The Morgan fingerprint density at radius 2 is 2.03 bits per heavy atom. The molecular formula is C25H28N6O3. The van der Waals surface area contributed by atoms with Crippen molar-refractivity contribution in [3.63, 3.8) is 0 Å². The maximum absolute atomic E-state index is 13.0. The number of nitriles is 1.